The van der Waals surface area contributed by atoms with Gasteiger partial charge in [0.2, 0.25) is 17.7 Å². The Bertz CT molecular complexity index is 1060. The number of carbonyl (C=O) groups excluding carboxylic acids is 3. The molecule has 1 aromatic carbocycles. The lowest BCUT2D eigenvalue weighted by atomic mass is 9.62. The summed E-state index contributed by atoms with van der Waals surface area (Å²) in [5.74, 6) is -1.68. The van der Waals surface area contributed by atoms with Crippen molar-refractivity contribution in [2.75, 3.05) is 18.5 Å². The number of nitrogens with one attached hydrogen (secondary N) is 2. The van der Waals surface area contributed by atoms with Gasteiger partial charge in [-0.25, -0.2) is 0 Å². The van der Waals surface area contributed by atoms with Gasteiger partial charge in [0.1, 0.15) is 17.4 Å². The average molecular weight is 530 g/mol. The highest BCUT2D eigenvalue weighted by Crippen LogP contribution is 2.65. The van der Waals surface area contributed by atoms with E-state index in [0.29, 0.717) is 30.9 Å². The number of carbonyl (C=O) groups is 3. The second-order valence-electron chi connectivity index (χ2n) is 12.0. The molecule has 2 bridgehead atoms. The summed E-state index contributed by atoms with van der Waals surface area (Å²) in [5, 5.41) is 16.3. The van der Waals surface area contributed by atoms with Crippen LogP contribution in [0.3, 0.4) is 0 Å². The SMILES string of the molecule is CCOc1ccc(NC(=O)[C@@H]2[C@H]3C(=O)N([C@@H](CO)CC(C)C)C(C(=O)NC(C)C)C34CC(C)[C@@]2(C)O4)cc1. The zero-order valence-electron chi connectivity index (χ0n) is 23.6. The minimum absolute atomic E-state index is 0.0606. The van der Waals surface area contributed by atoms with Crippen molar-refractivity contribution in [3.05, 3.63) is 24.3 Å². The molecule has 3 saturated heterocycles. The van der Waals surface area contributed by atoms with Gasteiger partial charge in [-0.15, -0.1) is 0 Å². The van der Waals surface area contributed by atoms with Crippen LogP contribution in [-0.4, -0.2) is 70.3 Å². The molecule has 3 fully saturated rings. The number of nitrogens with zero attached hydrogens (tertiary/aromatic N) is 1. The van der Waals surface area contributed by atoms with Crippen molar-refractivity contribution in [1.82, 2.24) is 10.2 Å². The third-order valence-electron chi connectivity index (χ3n) is 8.49. The number of hydrogen-bond acceptors (Lipinski definition) is 6. The fraction of sp³-hybridized carbons (Fsp3) is 0.690. The summed E-state index contributed by atoms with van der Waals surface area (Å²) >= 11 is 0. The second kappa shape index (κ2) is 10.5. The van der Waals surface area contributed by atoms with Crippen molar-refractivity contribution >= 4 is 23.4 Å². The second-order valence-corrected chi connectivity index (χ2v) is 12.0. The number of hydrogen-bond donors (Lipinski definition) is 3. The van der Waals surface area contributed by atoms with Gasteiger partial charge in [-0.3, -0.25) is 14.4 Å². The van der Waals surface area contributed by atoms with Crippen LogP contribution in [0.4, 0.5) is 5.69 Å². The molecule has 9 nitrogen and oxygen atoms in total. The maximum Gasteiger partial charge on any atom is 0.246 e. The van der Waals surface area contributed by atoms with Gasteiger partial charge in [-0.1, -0.05) is 20.8 Å². The van der Waals surface area contributed by atoms with Gasteiger partial charge >= 0.3 is 0 Å². The lowest BCUT2D eigenvalue weighted by Gasteiger charge is -2.37. The molecule has 4 rings (SSSR count). The molecule has 3 heterocycles. The maximum atomic E-state index is 14.2. The lowest BCUT2D eigenvalue weighted by molar-refractivity contribution is -0.150. The van der Waals surface area contributed by atoms with Crippen LogP contribution >= 0.6 is 0 Å². The van der Waals surface area contributed by atoms with Gasteiger partial charge in [-0.05, 0) is 76.6 Å². The molecule has 9 heteroatoms. The van der Waals surface area contributed by atoms with Crippen LogP contribution in [0.5, 0.6) is 5.75 Å². The highest BCUT2D eigenvalue weighted by molar-refractivity contribution is 6.02. The summed E-state index contributed by atoms with van der Waals surface area (Å²) in [6.07, 6.45) is 1.02. The molecule has 38 heavy (non-hydrogen) atoms. The summed E-state index contributed by atoms with van der Waals surface area (Å²) in [7, 11) is 0. The molecule has 1 aromatic rings. The molecule has 3 aliphatic rings. The minimum Gasteiger partial charge on any atom is -0.494 e. The van der Waals surface area contributed by atoms with Crippen molar-refractivity contribution in [2.24, 2.45) is 23.7 Å². The van der Waals surface area contributed by atoms with Crippen LogP contribution in [0.1, 0.15) is 61.3 Å². The molecule has 3 unspecified atom stereocenters. The molecule has 0 aliphatic carbocycles. The van der Waals surface area contributed by atoms with Gasteiger partial charge in [0.15, 0.2) is 0 Å². The maximum absolute atomic E-state index is 14.2. The van der Waals surface area contributed by atoms with E-state index in [0.717, 1.165) is 0 Å². The molecule has 3 amide bonds. The topological polar surface area (TPSA) is 117 Å². The fourth-order valence-corrected chi connectivity index (χ4v) is 6.97. The number of rotatable bonds is 10. The van der Waals surface area contributed by atoms with E-state index in [1.807, 2.05) is 48.5 Å². The first-order valence-electron chi connectivity index (χ1n) is 13.9. The Morgan fingerprint density at radius 1 is 1.18 bits per heavy atom. The van der Waals surface area contributed by atoms with E-state index in [4.69, 9.17) is 9.47 Å². The highest BCUT2D eigenvalue weighted by Gasteiger charge is 2.80. The Kier molecular flexibility index (Phi) is 7.83. The minimum atomic E-state index is -1.14. The quantitative estimate of drug-likeness (QED) is 0.429. The number of likely N-dealkylation sites (tertiary alicyclic amines) is 1. The number of aliphatic hydroxyl groups is 1. The number of amides is 3. The Morgan fingerprint density at radius 2 is 1.84 bits per heavy atom. The van der Waals surface area contributed by atoms with E-state index in [9.17, 15) is 19.5 Å². The van der Waals surface area contributed by atoms with Crippen molar-refractivity contribution in [2.45, 2.75) is 90.6 Å². The first kappa shape index (κ1) is 28.4. The molecule has 3 N–H and O–H groups in total. The standard InChI is InChI=1S/C29H43N3O6/c1-8-37-21-11-9-19(10-12-21)31-25(34)22-23-27(36)32(20(15-33)13-16(2)3)24(26(35)30-17(4)5)29(23)14-18(6)28(22,7)38-29/h9-12,16-18,20,22-24,33H,8,13-15H2,1-7H3,(H,30,35)(H,31,34)/t18?,20-,22+,23+,24?,28-,29?/m1/s1. The first-order chi connectivity index (χ1) is 17.9. The number of fused-ring (bicyclic) bond motifs is 1. The molecule has 0 aromatic heterocycles. The fourth-order valence-electron chi connectivity index (χ4n) is 6.97. The summed E-state index contributed by atoms with van der Waals surface area (Å²) < 4.78 is 12.2. The van der Waals surface area contributed by atoms with E-state index < -0.39 is 35.1 Å². The Morgan fingerprint density at radius 3 is 2.39 bits per heavy atom. The first-order valence-corrected chi connectivity index (χ1v) is 13.9. The lowest BCUT2D eigenvalue weighted by Crippen LogP contribution is -2.59. The highest BCUT2D eigenvalue weighted by atomic mass is 16.5. The monoisotopic (exact) mass is 529 g/mol. The summed E-state index contributed by atoms with van der Waals surface area (Å²) in [5.41, 5.74) is -1.46. The number of ether oxygens (including phenoxy) is 2. The third kappa shape index (κ3) is 4.57. The van der Waals surface area contributed by atoms with Gasteiger partial charge in [0.05, 0.1) is 36.7 Å². The largest absolute Gasteiger partial charge is 0.494 e. The number of benzene rings is 1. The van der Waals surface area contributed by atoms with Gasteiger partial charge in [-0.2, -0.15) is 0 Å². The zero-order chi connectivity index (χ0) is 28.0. The summed E-state index contributed by atoms with van der Waals surface area (Å²) in [6, 6.07) is 5.49. The normalized spacial score (nSPS) is 32.6. The molecular weight excluding hydrogens is 486 g/mol. The smallest absolute Gasteiger partial charge is 0.246 e. The predicted molar refractivity (Wildman–Crippen MR) is 143 cm³/mol. The van der Waals surface area contributed by atoms with Crippen LogP contribution in [0.2, 0.25) is 0 Å². The van der Waals surface area contributed by atoms with Gasteiger partial charge < -0.3 is 30.1 Å². The van der Waals surface area contributed by atoms with Gasteiger partial charge in [0.25, 0.3) is 0 Å². The van der Waals surface area contributed by atoms with Crippen molar-refractivity contribution in [1.29, 1.82) is 0 Å². The predicted octanol–water partition coefficient (Wildman–Crippen LogP) is 2.97. The molecule has 3 aliphatic heterocycles. The molecular formula is C29H43N3O6. The number of anilines is 1. The van der Waals surface area contributed by atoms with Gasteiger partial charge in [0, 0.05) is 11.7 Å². The van der Waals surface area contributed by atoms with E-state index >= 15 is 0 Å². The van der Waals surface area contributed by atoms with Crippen LogP contribution in [-0.2, 0) is 19.1 Å². The van der Waals surface area contributed by atoms with Crippen LogP contribution in [0, 0.1) is 23.7 Å². The Hall–Kier alpha value is -2.65. The molecule has 0 saturated carbocycles. The summed E-state index contributed by atoms with van der Waals surface area (Å²) in [4.78, 5) is 43.4. The molecule has 1 spiro atoms. The van der Waals surface area contributed by atoms with Crippen molar-refractivity contribution in [3.63, 3.8) is 0 Å². The third-order valence-corrected chi connectivity index (χ3v) is 8.49. The molecule has 210 valence electrons. The van der Waals surface area contributed by atoms with E-state index in [2.05, 4.69) is 10.6 Å². The van der Waals surface area contributed by atoms with Crippen molar-refractivity contribution < 1.29 is 29.0 Å². The molecule has 0 radical (unpaired) electrons. The average Bonchev–Trinajstić information content (AvgIpc) is 3.35. The van der Waals surface area contributed by atoms with Crippen LogP contribution in [0.15, 0.2) is 24.3 Å². The van der Waals surface area contributed by atoms with E-state index in [1.165, 1.54) is 4.90 Å². The summed E-state index contributed by atoms with van der Waals surface area (Å²) in [6.45, 7) is 13.9. The zero-order valence-corrected chi connectivity index (χ0v) is 23.6. The van der Waals surface area contributed by atoms with Crippen LogP contribution < -0.4 is 15.4 Å². The Balaban J connectivity index is 1.73. The van der Waals surface area contributed by atoms with Crippen molar-refractivity contribution in [3.8, 4) is 5.75 Å². The number of aliphatic hydroxyl groups excluding tert-OH is 1. The van der Waals surface area contributed by atoms with E-state index in [1.54, 1.807) is 24.3 Å². The van der Waals surface area contributed by atoms with E-state index in [-0.39, 0.29) is 42.2 Å². The van der Waals surface area contributed by atoms with Crippen LogP contribution in [0.25, 0.3) is 0 Å². The molecule has 7 atom stereocenters. The Labute approximate surface area is 225 Å².